The van der Waals surface area contributed by atoms with E-state index in [-0.39, 0.29) is 11.1 Å². The first kappa shape index (κ1) is 13.5. The van der Waals surface area contributed by atoms with E-state index < -0.39 is 23.6 Å². The van der Waals surface area contributed by atoms with Crippen molar-refractivity contribution < 1.29 is 17.6 Å². The molecule has 100 valence electrons. The Morgan fingerprint density at radius 2 is 1.63 bits per heavy atom. The number of hydrogen-bond donors (Lipinski definition) is 1. The highest BCUT2D eigenvalue weighted by molar-refractivity contribution is 5.35. The van der Waals surface area contributed by atoms with Crippen molar-refractivity contribution in [3.05, 3.63) is 71.0 Å². The summed E-state index contributed by atoms with van der Waals surface area (Å²) >= 11 is 0. The minimum absolute atomic E-state index is 0.168. The summed E-state index contributed by atoms with van der Waals surface area (Å²) < 4.78 is 51.4. The van der Waals surface area contributed by atoms with Gasteiger partial charge in [0.25, 0.3) is 0 Å². The highest BCUT2D eigenvalue weighted by Crippen LogP contribution is 2.31. The summed E-state index contributed by atoms with van der Waals surface area (Å²) in [6, 6.07) is 9.45. The van der Waals surface area contributed by atoms with Crippen LogP contribution in [0, 0.1) is 5.82 Å². The first-order valence-corrected chi connectivity index (χ1v) is 5.57. The molecule has 0 saturated heterocycles. The largest absolute Gasteiger partial charge is 0.416 e. The maximum absolute atomic E-state index is 13.6. The molecule has 0 aliphatic rings. The lowest BCUT2D eigenvalue weighted by Crippen LogP contribution is -2.15. The van der Waals surface area contributed by atoms with Crippen LogP contribution in [0.1, 0.15) is 22.7 Å². The maximum Gasteiger partial charge on any atom is 0.416 e. The lowest BCUT2D eigenvalue weighted by atomic mass is 9.97. The fourth-order valence-electron chi connectivity index (χ4n) is 1.82. The van der Waals surface area contributed by atoms with E-state index in [2.05, 4.69) is 0 Å². The van der Waals surface area contributed by atoms with Crippen LogP contribution in [0.2, 0.25) is 0 Å². The Bertz CT molecular complexity index is 578. The van der Waals surface area contributed by atoms with E-state index in [1.54, 1.807) is 6.07 Å². The van der Waals surface area contributed by atoms with E-state index in [0.29, 0.717) is 0 Å². The Morgan fingerprint density at radius 3 is 2.26 bits per heavy atom. The molecule has 2 rings (SSSR count). The van der Waals surface area contributed by atoms with Gasteiger partial charge < -0.3 is 5.73 Å². The highest BCUT2D eigenvalue weighted by Gasteiger charge is 2.30. The van der Waals surface area contributed by atoms with Gasteiger partial charge in [-0.1, -0.05) is 30.3 Å². The molecule has 0 aliphatic carbocycles. The SMILES string of the molecule is NC(c1cccc(C(F)(F)F)c1)c1ccccc1F. The van der Waals surface area contributed by atoms with Gasteiger partial charge in [0.15, 0.2) is 0 Å². The van der Waals surface area contributed by atoms with E-state index in [4.69, 9.17) is 5.73 Å². The number of benzene rings is 2. The van der Waals surface area contributed by atoms with Gasteiger partial charge >= 0.3 is 6.18 Å². The van der Waals surface area contributed by atoms with Crippen LogP contribution in [0.4, 0.5) is 17.6 Å². The van der Waals surface area contributed by atoms with Crippen LogP contribution >= 0.6 is 0 Å². The summed E-state index contributed by atoms with van der Waals surface area (Å²) in [4.78, 5) is 0. The van der Waals surface area contributed by atoms with Gasteiger partial charge in [0.1, 0.15) is 5.82 Å². The van der Waals surface area contributed by atoms with E-state index in [1.165, 1.54) is 30.3 Å². The van der Waals surface area contributed by atoms with Crippen LogP contribution in [-0.2, 0) is 6.18 Å². The molecule has 0 fully saturated rings. The number of rotatable bonds is 2. The van der Waals surface area contributed by atoms with Gasteiger partial charge in [0, 0.05) is 5.56 Å². The normalized spacial score (nSPS) is 13.3. The Labute approximate surface area is 107 Å². The maximum atomic E-state index is 13.6. The number of hydrogen-bond acceptors (Lipinski definition) is 1. The molecule has 1 atom stereocenters. The number of nitrogens with two attached hydrogens (primary N) is 1. The van der Waals surface area contributed by atoms with E-state index in [9.17, 15) is 17.6 Å². The Balaban J connectivity index is 2.40. The number of halogens is 4. The molecule has 0 amide bonds. The average Bonchev–Trinajstić information content (AvgIpc) is 2.38. The van der Waals surface area contributed by atoms with Crippen LogP contribution in [0.25, 0.3) is 0 Å². The van der Waals surface area contributed by atoms with Crippen molar-refractivity contribution in [1.82, 2.24) is 0 Å². The lowest BCUT2D eigenvalue weighted by molar-refractivity contribution is -0.137. The lowest BCUT2D eigenvalue weighted by Gasteiger charge is -2.15. The van der Waals surface area contributed by atoms with Crippen LogP contribution < -0.4 is 5.73 Å². The Kier molecular flexibility index (Phi) is 3.57. The summed E-state index contributed by atoms with van der Waals surface area (Å²) in [7, 11) is 0. The molecular weight excluding hydrogens is 258 g/mol. The molecular formula is C14H11F4N. The minimum Gasteiger partial charge on any atom is -0.320 e. The second-order valence-corrected chi connectivity index (χ2v) is 4.12. The fraction of sp³-hybridized carbons (Fsp3) is 0.143. The summed E-state index contributed by atoms with van der Waals surface area (Å²) in [6.07, 6.45) is -4.44. The van der Waals surface area contributed by atoms with Crippen molar-refractivity contribution in [3.63, 3.8) is 0 Å². The quantitative estimate of drug-likeness (QED) is 0.822. The molecule has 2 aromatic carbocycles. The van der Waals surface area contributed by atoms with Gasteiger partial charge in [-0.15, -0.1) is 0 Å². The van der Waals surface area contributed by atoms with Crippen LogP contribution in [0.15, 0.2) is 48.5 Å². The molecule has 0 radical (unpaired) electrons. The predicted octanol–water partition coefficient (Wildman–Crippen LogP) is 3.89. The van der Waals surface area contributed by atoms with Crippen molar-refractivity contribution in [2.45, 2.75) is 12.2 Å². The smallest absolute Gasteiger partial charge is 0.320 e. The zero-order valence-electron chi connectivity index (χ0n) is 9.79. The van der Waals surface area contributed by atoms with Crippen LogP contribution in [-0.4, -0.2) is 0 Å². The molecule has 0 bridgehead atoms. The minimum atomic E-state index is -4.44. The van der Waals surface area contributed by atoms with E-state index >= 15 is 0 Å². The molecule has 1 nitrogen and oxygen atoms in total. The average molecular weight is 269 g/mol. The Morgan fingerprint density at radius 1 is 0.947 bits per heavy atom. The van der Waals surface area contributed by atoms with Gasteiger partial charge in [-0.05, 0) is 23.8 Å². The zero-order chi connectivity index (χ0) is 14.0. The molecule has 0 saturated carbocycles. The fourth-order valence-corrected chi connectivity index (χ4v) is 1.82. The summed E-state index contributed by atoms with van der Waals surface area (Å²) in [5.74, 6) is -0.535. The zero-order valence-corrected chi connectivity index (χ0v) is 9.79. The second kappa shape index (κ2) is 5.01. The van der Waals surface area contributed by atoms with Gasteiger partial charge in [-0.3, -0.25) is 0 Å². The topological polar surface area (TPSA) is 26.0 Å². The summed E-state index contributed by atoms with van der Waals surface area (Å²) in [5, 5.41) is 0. The third-order valence-electron chi connectivity index (χ3n) is 2.81. The molecule has 19 heavy (non-hydrogen) atoms. The molecule has 5 heteroatoms. The molecule has 0 heterocycles. The third-order valence-corrected chi connectivity index (χ3v) is 2.81. The highest BCUT2D eigenvalue weighted by atomic mass is 19.4. The first-order valence-electron chi connectivity index (χ1n) is 5.57. The van der Waals surface area contributed by atoms with Crippen molar-refractivity contribution >= 4 is 0 Å². The third kappa shape index (κ3) is 2.93. The molecule has 0 spiro atoms. The van der Waals surface area contributed by atoms with E-state index in [0.717, 1.165) is 12.1 Å². The van der Waals surface area contributed by atoms with Gasteiger partial charge in [0.2, 0.25) is 0 Å². The molecule has 2 aromatic rings. The number of alkyl halides is 3. The van der Waals surface area contributed by atoms with E-state index in [1.807, 2.05) is 0 Å². The van der Waals surface area contributed by atoms with Crippen molar-refractivity contribution in [2.24, 2.45) is 5.73 Å². The van der Waals surface area contributed by atoms with Crippen LogP contribution in [0.5, 0.6) is 0 Å². The second-order valence-electron chi connectivity index (χ2n) is 4.12. The summed E-state index contributed by atoms with van der Waals surface area (Å²) in [5.41, 5.74) is 5.42. The predicted molar refractivity (Wildman–Crippen MR) is 63.9 cm³/mol. The molecule has 0 aromatic heterocycles. The van der Waals surface area contributed by atoms with Crippen molar-refractivity contribution in [1.29, 1.82) is 0 Å². The van der Waals surface area contributed by atoms with Crippen molar-refractivity contribution in [2.75, 3.05) is 0 Å². The monoisotopic (exact) mass is 269 g/mol. The van der Waals surface area contributed by atoms with Crippen LogP contribution in [0.3, 0.4) is 0 Å². The van der Waals surface area contributed by atoms with Crippen molar-refractivity contribution in [3.8, 4) is 0 Å². The van der Waals surface area contributed by atoms with Gasteiger partial charge in [-0.25, -0.2) is 4.39 Å². The molecule has 1 unspecified atom stereocenters. The van der Waals surface area contributed by atoms with Gasteiger partial charge in [0.05, 0.1) is 11.6 Å². The summed E-state index contributed by atoms with van der Waals surface area (Å²) in [6.45, 7) is 0. The first-order chi connectivity index (χ1) is 8.89. The molecule has 0 aliphatic heterocycles. The Hall–Kier alpha value is -1.88. The standard InChI is InChI=1S/C14H11F4N/c15-12-7-2-1-6-11(12)13(19)9-4-3-5-10(8-9)14(16,17)18/h1-8,13H,19H2. The molecule has 2 N–H and O–H groups in total. The van der Waals surface area contributed by atoms with Gasteiger partial charge in [-0.2, -0.15) is 13.2 Å².